The van der Waals surface area contributed by atoms with Crippen molar-refractivity contribution < 1.29 is 9.53 Å². The number of esters is 1. The topological polar surface area (TPSA) is 26.3 Å². The van der Waals surface area contributed by atoms with Crippen LogP contribution >= 0.6 is 0 Å². The molecule has 1 heterocycles. The zero-order chi connectivity index (χ0) is 13.1. The van der Waals surface area contributed by atoms with Crippen molar-refractivity contribution in [2.75, 3.05) is 0 Å². The number of unbranched alkanes of at least 4 members (excludes halogenated alkanes) is 7. The van der Waals surface area contributed by atoms with Crippen molar-refractivity contribution in [1.29, 1.82) is 0 Å². The molecule has 2 heteroatoms. The summed E-state index contributed by atoms with van der Waals surface area (Å²) in [6.45, 7) is 2.25. The van der Waals surface area contributed by atoms with Crippen LogP contribution in [0.4, 0.5) is 0 Å². The van der Waals surface area contributed by atoms with Gasteiger partial charge in [0.2, 0.25) is 0 Å². The molecule has 0 spiro atoms. The molecule has 18 heavy (non-hydrogen) atoms. The number of allylic oxidation sites excluding steroid dienone is 1. The quantitative estimate of drug-likeness (QED) is 0.335. The largest absolute Gasteiger partial charge is 0.458 e. The molecule has 0 aromatic rings. The zero-order valence-electron chi connectivity index (χ0n) is 11.8. The van der Waals surface area contributed by atoms with Gasteiger partial charge in [0.25, 0.3) is 0 Å². The van der Waals surface area contributed by atoms with Gasteiger partial charge in [0.1, 0.15) is 6.10 Å². The first kappa shape index (κ1) is 15.3. The average Bonchev–Trinajstić information content (AvgIpc) is 2.37. The Balaban J connectivity index is 1.92. The van der Waals surface area contributed by atoms with Crippen molar-refractivity contribution in [3.05, 3.63) is 12.2 Å². The van der Waals surface area contributed by atoms with Crippen LogP contribution in [-0.4, -0.2) is 12.1 Å². The number of rotatable bonds is 9. The zero-order valence-corrected chi connectivity index (χ0v) is 11.8. The smallest absolute Gasteiger partial charge is 0.306 e. The number of cyclic esters (lactones) is 1. The van der Waals surface area contributed by atoms with E-state index in [4.69, 9.17) is 4.74 Å². The van der Waals surface area contributed by atoms with Crippen molar-refractivity contribution >= 4 is 5.97 Å². The molecule has 0 amide bonds. The van der Waals surface area contributed by atoms with Crippen molar-refractivity contribution in [1.82, 2.24) is 0 Å². The van der Waals surface area contributed by atoms with Crippen LogP contribution in [0.5, 0.6) is 0 Å². The summed E-state index contributed by atoms with van der Waals surface area (Å²) in [5.74, 6) is -0.0353. The lowest BCUT2D eigenvalue weighted by molar-refractivity contribution is -0.150. The first-order valence-corrected chi connectivity index (χ1v) is 7.69. The van der Waals surface area contributed by atoms with Gasteiger partial charge in [-0.25, -0.2) is 0 Å². The molecule has 1 aliphatic heterocycles. The second kappa shape index (κ2) is 10.2. The molecule has 1 rings (SSSR count). The Morgan fingerprint density at radius 2 is 1.89 bits per heavy atom. The van der Waals surface area contributed by atoms with Crippen molar-refractivity contribution in [3.63, 3.8) is 0 Å². The molecule has 0 aromatic heterocycles. The van der Waals surface area contributed by atoms with Crippen LogP contribution in [0.15, 0.2) is 12.2 Å². The van der Waals surface area contributed by atoms with Crippen LogP contribution in [0.2, 0.25) is 0 Å². The summed E-state index contributed by atoms with van der Waals surface area (Å²) in [5, 5.41) is 0. The highest BCUT2D eigenvalue weighted by Crippen LogP contribution is 2.15. The van der Waals surface area contributed by atoms with E-state index in [9.17, 15) is 4.79 Å². The highest BCUT2D eigenvalue weighted by atomic mass is 16.5. The number of carbonyl (C=O) groups excluding carboxylic acids is 1. The first-order chi connectivity index (χ1) is 8.83. The third-order valence-corrected chi connectivity index (χ3v) is 3.48. The van der Waals surface area contributed by atoms with E-state index in [1.54, 1.807) is 0 Å². The summed E-state index contributed by atoms with van der Waals surface area (Å²) in [5.41, 5.74) is 0. The second-order valence-corrected chi connectivity index (χ2v) is 5.26. The molecule has 0 radical (unpaired) electrons. The van der Waals surface area contributed by atoms with Gasteiger partial charge >= 0.3 is 5.97 Å². The normalized spacial score (nSPS) is 20.3. The fourth-order valence-electron chi connectivity index (χ4n) is 2.34. The van der Waals surface area contributed by atoms with Gasteiger partial charge in [0.05, 0.1) is 0 Å². The molecule has 1 atom stereocenters. The minimum Gasteiger partial charge on any atom is -0.458 e. The van der Waals surface area contributed by atoms with Crippen LogP contribution < -0.4 is 0 Å². The van der Waals surface area contributed by atoms with Crippen molar-refractivity contribution in [3.8, 4) is 0 Å². The van der Waals surface area contributed by atoms with Gasteiger partial charge in [-0.2, -0.15) is 0 Å². The summed E-state index contributed by atoms with van der Waals surface area (Å²) in [6, 6.07) is 0. The fraction of sp³-hybridized carbons (Fsp3) is 0.812. The Labute approximate surface area is 112 Å². The molecular weight excluding hydrogens is 224 g/mol. The van der Waals surface area contributed by atoms with Crippen molar-refractivity contribution in [2.24, 2.45) is 0 Å². The van der Waals surface area contributed by atoms with E-state index < -0.39 is 0 Å². The molecule has 1 fully saturated rings. The van der Waals surface area contributed by atoms with Gasteiger partial charge in [-0.15, -0.1) is 0 Å². The van der Waals surface area contributed by atoms with Gasteiger partial charge in [-0.1, -0.05) is 51.5 Å². The first-order valence-electron chi connectivity index (χ1n) is 7.69. The molecule has 0 aromatic carbocycles. The molecular formula is C16H28O2. The number of hydrogen-bond acceptors (Lipinski definition) is 2. The number of carbonyl (C=O) groups is 1. The Morgan fingerprint density at radius 3 is 2.61 bits per heavy atom. The summed E-state index contributed by atoms with van der Waals surface area (Å²) < 4.78 is 5.23. The maximum absolute atomic E-state index is 11.1. The van der Waals surface area contributed by atoms with E-state index in [-0.39, 0.29) is 12.1 Å². The van der Waals surface area contributed by atoms with E-state index in [2.05, 4.69) is 19.1 Å². The Kier molecular flexibility index (Phi) is 8.62. The van der Waals surface area contributed by atoms with Gasteiger partial charge in [-0.3, -0.25) is 4.79 Å². The molecule has 0 N–H and O–H groups in total. The number of ether oxygens (including phenoxy) is 1. The molecule has 0 bridgehead atoms. The van der Waals surface area contributed by atoms with Crippen LogP contribution in [0.25, 0.3) is 0 Å². The third-order valence-electron chi connectivity index (χ3n) is 3.48. The lowest BCUT2D eigenvalue weighted by Gasteiger charge is -2.18. The van der Waals surface area contributed by atoms with Crippen molar-refractivity contribution in [2.45, 2.75) is 83.7 Å². The third kappa shape index (κ3) is 7.52. The van der Waals surface area contributed by atoms with Crippen LogP contribution in [0, 0.1) is 0 Å². The molecule has 0 saturated carbocycles. The molecule has 1 aliphatic rings. The molecule has 0 aliphatic carbocycles. The fourth-order valence-corrected chi connectivity index (χ4v) is 2.34. The SMILES string of the molecule is CCCCCCCCC/C=C\C1CCCC(=O)O1. The van der Waals surface area contributed by atoms with Crippen LogP contribution in [0.3, 0.4) is 0 Å². The maximum atomic E-state index is 11.1. The minimum atomic E-state index is -0.0353. The van der Waals surface area contributed by atoms with E-state index in [1.807, 2.05) is 0 Å². The number of hydrogen-bond donors (Lipinski definition) is 0. The van der Waals surface area contributed by atoms with E-state index in [0.717, 1.165) is 19.3 Å². The van der Waals surface area contributed by atoms with Gasteiger partial charge in [-0.05, 0) is 31.8 Å². The molecule has 2 nitrogen and oxygen atoms in total. The predicted octanol–water partition coefficient (Wildman–Crippen LogP) is 4.78. The van der Waals surface area contributed by atoms with E-state index >= 15 is 0 Å². The van der Waals surface area contributed by atoms with Crippen LogP contribution in [0.1, 0.15) is 77.6 Å². The lowest BCUT2D eigenvalue weighted by Crippen LogP contribution is -2.21. The van der Waals surface area contributed by atoms with E-state index in [1.165, 1.54) is 44.9 Å². The van der Waals surface area contributed by atoms with E-state index in [0.29, 0.717) is 6.42 Å². The summed E-state index contributed by atoms with van der Waals surface area (Å²) in [6.07, 6.45) is 17.5. The van der Waals surface area contributed by atoms with Gasteiger partial charge in [0.15, 0.2) is 0 Å². The maximum Gasteiger partial charge on any atom is 0.306 e. The van der Waals surface area contributed by atoms with Gasteiger partial charge < -0.3 is 4.74 Å². The molecule has 1 saturated heterocycles. The summed E-state index contributed by atoms with van der Waals surface area (Å²) >= 11 is 0. The standard InChI is InChI=1S/C16H28O2/c1-2-3-4-5-6-7-8-9-10-12-15-13-11-14-16(17)18-15/h10,12,15H,2-9,11,13-14H2,1H3/b12-10-. The molecule has 1 unspecified atom stereocenters. The lowest BCUT2D eigenvalue weighted by atomic mass is 10.1. The summed E-state index contributed by atoms with van der Waals surface area (Å²) in [4.78, 5) is 11.1. The summed E-state index contributed by atoms with van der Waals surface area (Å²) in [7, 11) is 0. The Bertz CT molecular complexity index is 245. The van der Waals surface area contributed by atoms with Gasteiger partial charge in [0, 0.05) is 6.42 Å². The average molecular weight is 252 g/mol. The predicted molar refractivity (Wildman–Crippen MR) is 75.5 cm³/mol. The monoisotopic (exact) mass is 252 g/mol. The Hall–Kier alpha value is -0.790. The second-order valence-electron chi connectivity index (χ2n) is 5.26. The highest BCUT2D eigenvalue weighted by molar-refractivity contribution is 5.70. The van der Waals surface area contributed by atoms with Crippen LogP contribution in [-0.2, 0) is 9.53 Å². The minimum absolute atomic E-state index is 0.0353. The Morgan fingerprint density at radius 1 is 1.17 bits per heavy atom. The molecule has 104 valence electrons. The highest BCUT2D eigenvalue weighted by Gasteiger charge is 2.17.